The Morgan fingerprint density at radius 3 is 2.42 bits per heavy atom. The van der Waals surface area contributed by atoms with Gasteiger partial charge in [0.2, 0.25) is 0 Å². The lowest BCUT2D eigenvalue weighted by atomic mass is 10.0. The van der Waals surface area contributed by atoms with Crippen LogP contribution in [0.25, 0.3) is 0 Å². The summed E-state index contributed by atoms with van der Waals surface area (Å²) in [5.74, 6) is -0.284. The van der Waals surface area contributed by atoms with E-state index >= 15 is 0 Å². The molecule has 98 valence electrons. The van der Waals surface area contributed by atoms with Crippen LogP contribution < -0.4 is 4.74 Å². The van der Waals surface area contributed by atoms with E-state index in [0.717, 1.165) is 5.56 Å². The van der Waals surface area contributed by atoms with E-state index < -0.39 is 5.82 Å². The van der Waals surface area contributed by atoms with Crippen molar-refractivity contribution in [3.63, 3.8) is 0 Å². The molecule has 0 heterocycles. The summed E-state index contributed by atoms with van der Waals surface area (Å²) in [7, 11) is 1.41. The van der Waals surface area contributed by atoms with Gasteiger partial charge in [-0.05, 0) is 24.6 Å². The molecule has 19 heavy (non-hydrogen) atoms. The average Bonchev–Trinajstić information content (AvgIpc) is 2.39. The minimum absolute atomic E-state index is 0.0235. The lowest BCUT2D eigenvalue weighted by Crippen LogP contribution is -2.04. The molecule has 2 rings (SSSR count). The first-order valence-corrected chi connectivity index (χ1v) is 6.02. The molecule has 2 nitrogen and oxygen atoms in total. The number of hydrogen-bond donors (Lipinski definition) is 0. The van der Waals surface area contributed by atoms with Gasteiger partial charge in [-0.15, -0.1) is 0 Å². The van der Waals surface area contributed by atoms with E-state index in [9.17, 15) is 9.18 Å². The predicted octanol–water partition coefficient (Wildman–Crippen LogP) is 3.57. The lowest BCUT2D eigenvalue weighted by molar-refractivity contribution is 0.0993. The summed E-state index contributed by atoms with van der Waals surface area (Å²) in [5, 5.41) is 0. The van der Waals surface area contributed by atoms with E-state index in [4.69, 9.17) is 4.74 Å². The Balaban J connectivity index is 2.14. The van der Waals surface area contributed by atoms with Crippen molar-refractivity contribution in [3.05, 3.63) is 65.0 Å². The van der Waals surface area contributed by atoms with Gasteiger partial charge >= 0.3 is 0 Å². The van der Waals surface area contributed by atoms with Gasteiger partial charge in [0, 0.05) is 12.0 Å². The Morgan fingerprint density at radius 1 is 1.16 bits per heavy atom. The highest BCUT2D eigenvalue weighted by Gasteiger charge is 2.09. The molecular weight excluding hydrogens is 243 g/mol. The topological polar surface area (TPSA) is 26.3 Å². The second-order valence-electron chi connectivity index (χ2n) is 4.43. The van der Waals surface area contributed by atoms with Gasteiger partial charge in [0.05, 0.1) is 7.11 Å². The van der Waals surface area contributed by atoms with Crippen LogP contribution in [0, 0.1) is 12.7 Å². The van der Waals surface area contributed by atoms with Gasteiger partial charge in [0.15, 0.2) is 17.3 Å². The number of halogens is 1. The molecule has 0 aliphatic rings. The number of benzene rings is 2. The second-order valence-corrected chi connectivity index (χ2v) is 4.43. The average molecular weight is 258 g/mol. The van der Waals surface area contributed by atoms with Crippen LogP contribution in [0.4, 0.5) is 4.39 Å². The summed E-state index contributed by atoms with van der Waals surface area (Å²) >= 11 is 0. The largest absolute Gasteiger partial charge is 0.494 e. The van der Waals surface area contributed by atoms with Crippen molar-refractivity contribution in [2.75, 3.05) is 7.11 Å². The molecule has 2 aromatic carbocycles. The van der Waals surface area contributed by atoms with Crippen LogP contribution in [0.1, 0.15) is 21.5 Å². The number of hydrogen-bond acceptors (Lipinski definition) is 2. The predicted molar refractivity (Wildman–Crippen MR) is 72.2 cm³/mol. The highest BCUT2D eigenvalue weighted by molar-refractivity contribution is 5.97. The van der Waals surface area contributed by atoms with Crippen LogP contribution in [0.3, 0.4) is 0 Å². The first kappa shape index (κ1) is 13.3. The molecule has 0 fully saturated rings. The molecule has 0 radical (unpaired) electrons. The summed E-state index contributed by atoms with van der Waals surface area (Å²) in [6, 6.07) is 11.9. The summed E-state index contributed by atoms with van der Waals surface area (Å²) in [6.45, 7) is 1.97. The number of ether oxygens (including phenoxy) is 1. The molecule has 0 aliphatic heterocycles. The fourth-order valence-corrected chi connectivity index (χ4v) is 1.85. The first-order chi connectivity index (χ1) is 9.10. The summed E-state index contributed by atoms with van der Waals surface area (Å²) in [5.41, 5.74) is 2.39. The van der Waals surface area contributed by atoms with E-state index in [1.807, 2.05) is 19.1 Å². The highest BCUT2D eigenvalue weighted by atomic mass is 19.1. The number of aryl methyl sites for hydroxylation is 1. The third kappa shape index (κ3) is 3.19. The SMILES string of the molecule is COc1ccc(CC(=O)c2ccc(C)cc2)cc1F. The molecule has 0 saturated heterocycles. The van der Waals surface area contributed by atoms with E-state index in [-0.39, 0.29) is 18.0 Å². The van der Waals surface area contributed by atoms with Gasteiger partial charge in [0.25, 0.3) is 0 Å². The van der Waals surface area contributed by atoms with Crippen LogP contribution in [-0.4, -0.2) is 12.9 Å². The molecule has 0 aliphatic carbocycles. The minimum Gasteiger partial charge on any atom is -0.494 e. The highest BCUT2D eigenvalue weighted by Crippen LogP contribution is 2.19. The van der Waals surface area contributed by atoms with Crippen LogP contribution in [0.5, 0.6) is 5.75 Å². The van der Waals surface area contributed by atoms with Crippen molar-refractivity contribution in [1.82, 2.24) is 0 Å². The molecule has 0 unspecified atom stereocenters. The van der Waals surface area contributed by atoms with Crippen LogP contribution in [0.2, 0.25) is 0 Å². The van der Waals surface area contributed by atoms with Crippen molar-refractivity contribution < 1.29 is 13.9 Å². The maximum atomic E-state index is 13.5. The molecule has 0 atom stereocenters. The Labute approximate surface area is 111 Å². The van der Waals surface area contributed by atoms with Gasteiger partial charge in [-0.25, -0.2) is 4.39 Å². The molecule has 0 N–H and O–H groups in total. The zero-order valence-electron chi connectivity index (χ0n) is 10.9. The van der Waals surface area contributed by atoms with Crippen molar-refractivity contribution in [1.29, 1.82) is 0 Å². The summed E-state index contributed by atoms with van der Waals surface area (Å²) in [4.78, 5) is 12.0. The zero-order chi connectivity index (χ0) is 13.8. The number of Topliss-reactive ketones (excluding diaryl/α,β-unsaturated/α-hetero) is 1. The molecule has 3 heteroatoms. The van der Waals surface area contributed by atoms with Crippen molar-refractivity contribution in [2.45, 2.75) is 13.3 Å². The first-order valence-electron chi connectivity index (χ1n) is 6.02. The normalized spacial score (nSPS) is 10.3. The van der Waals surface area contributed by atoms with E-state index in [1.165, 1.54) is 19.2 Å². The molecule has 0 aromatic heterocycles. The molecule has 0 bridgehead atoms. The third-order valence-corrected chi connectivity index (χ3v) is 2.95. The number of rotatable bonds is 4. The van der Waals surface area contributed by atoms with Gasteiger partial charge in [-0.1, -0.05) is 35.9 Å². The van der Waals surface area contributed by atoms with Crippen LogP contribution in [-0.2, 0) is 6.42 Å². The Morgan fingerprint density at radius 2 is 1.84 bits per heavy atom. The Kier molecular flexibility index (Phi) is 3.95. The van der Waals surface area contributed by atoms with Gasteiger partial charge in [-0.2, -0.15) is 0 Å². The fraction of sp³-hybridized carbons (Fsp3) is 0.188. The lowest BCUT2D eigenvalue weighted by Gasteiger charge is -2.05. The molecule has 0 spiro atoms. The van der Waals surface area contributed by atoms with E-state index in [2.05, 4.69) is 0 Å². The van der Waals surface area contributed by atoms with Crippen molar-refractivity contribution in [3.8, 4) is 5.75 Å². The molecular formula is C16H15FO2. The van der Waals surface area contributed by atoms with E-state index in [0.29, 0.717) is 11.1 Å². The minimum atomic E-state index is -0.447. The number of ketones is 1. The van der Waals surface area contributed by atoms with Gasteiger partial charge < -0.3 is 4.74 Å². The quantitative estimate of drug-likeness (QED) is 0.784. The van der Waals surface area contributed by atoms with Crippen molar-refractivity contribution >= 4 is 5.78 Å². The smallest absolute Gasteiger partial charge is 0.167 e. The van der Waals surface area contributed by atoms with Gasteiger partial charge in [-0.3, -0.25) is 4.79 Å². The summed E-state index contributed by atoms with van der Waals surface area (Å²) in [6.07, 6.45) is 0.184. The number of carbonyl (C=O) groups excluding carboxylic acids is 1. The second kappa shape index (κ2) is 5.65. The Bertz CT molecular complexity index is 588. The summed E-state index contributed by atoms with van der Waals surface area (Å²) < 4.78 is 18.4. The molecule has 2 aromatic rings. The Hall–Kier alpha value is -2.16. The van der Waals surface area contributed by atoms with Crippen molar-refractivity contribution in [2.24, 2.45) is 0 Å². The third-order valence-electron chi connectivity index (χ3n) is 2.95. The zero-order valence-corrected chi connectivity index (χ0v) is 10.9. The maximum Gasteiger partial charge on any atom is 0.167 e. The van der Waals surface area contributed by atoms with E-state index in [1.54, 1.807) is 18.2 Å². The maximum absolute atomic E-state index is 13.5. The molecule has 0 amide bonds. The number of carbonyl (C=O) groups is 1. The standard InChI is InChI=1S/C16H15FO2/c1-11-3-6-13(7-4-11)15(18)10-12-5-8-16(19-2)14(17)9-12/h3-9H,10H2,1-2H3. The van der Waals surface area contributed by atoms with Crippen LogP contribution >= 0.6 is 0 Å². The molecule has 0 saturated carbocycles. The van der Waals surface area contributed by atoms with Gasteiger partial charge in [0.1, 0.15) is 0 Å². The monoisotopic (exact) mass is 258 g/mol. The fourth-order valence-electron chi connectivity index (χ4n) is 1.85. The number of methoxy groups -OCH3 is 1. The van der Waals surface area contributed by atoms with Crippen LogP contribution in [0.15, 0.2) is 42.5 Å².